The quantitative estimate of drug-likeness (QED) is 0.356. The highest BCUT2D eigenvalue weighted by atomic mass is 16.5. The molecule has 4 aromatic rings. The number of para-hydroxylation sites is 4. The molecule has 2 heterocycles. The maximum atomic E-state index is 12.9. The Labute approximate surface area is 204 Å². The van der Waals surface area contributed by atoms with E-state index in [1.165, 1.54) is 0 Å². The highest BCUT2D eigenvalue weighted by molar-refractivity contribution is 5.81. The maximum absolute atomic E-state index is 12.9. The number of nitrogens with zero attached hydrogens (tertiary/aromatic N) is 3. The molecule has 1 atom stereocenters. The Morgan fingerprint density at radius 3 is 2.43 bits per heavy atom. The lowest BCUT2D eigenvalue weighted by molar-refractivity contribution is -0.128. The first-order valence-electron chi connectivity index (χ1n) is 11.8. The van der Waals surface area contributed by atoms with Crippen molar-refractivity contribution in [2.75, 3.05) is 27.4 Å². The van der Waals surface area contributed by atoms with Gasteiger partial charge >= 0.3 is 0 Å². The van der Waals surface area contributed by atoms with E-state index in [1.54, 1.807) is 14.2 Å². The zero-order chi connectivity index (χ0) is 24.2. The molecule has 180 valence electrons. The Kier molecular flexibility index (Phi) is 6.57. The minimum absolute atomic E-state index is 0.0272. The molecule has 1 saturated heterocycles. The van der Waals surface area contributed by atoms with Crippen molar-refractivity contribution in [1.29, 1.82) is 0 Å². The van der Waals surface area contributed by atoms with Crippen molar-refractivity contribution >= 4 is 16.9 Å². The fourth-order valence-electron chi connectivity index (χ4n) is 4.68. The number of benzene rings is 3. The van der Waals surface area contributed by atoms with E-state index in [0.717, 1.165) is 28.2 Å². The van der Waals surface area contributed by atoms with Crippen molar-refractivity contribution in [1.82, 2.24) is 14.5 Å². The molecule has 7 heteroatoms. The number of hydrogen-bond donors (Lipinski definition) is 0. The molecule has 0 N–H and O–H groups in total. The normalized spacial score (nSPS) is 15.5. The van der Waals surface area contributed by atoms with Crippen molar-refractivity contribution in [3.8, 4) is 17.2 Å². The minimum atomic E-state index is 0.0272. The van der Waals surface area contributed by atoms with Gasteiger partial charge in [-0.25, -0.2) is 4.98 Å². The van der Waals surface area contributed by atoms with E-state index >= 15 is 0 Å². The van der Waals surface area contributed by atoms with Gasteiger partial charge in [-0.2, -0.15) is 0 Å². The summed E-state index contributed by atoms with van der Waals surface area (Å²) in [6, 6.07) is 23.6. The van der Waals surface area contributed by atoms with E-state index in [-0.39, 0.29) is 11.8 Å². The molecular weight excluding hydrogens is 442 g/mol. The molecule has 0 aliphatic carbocycles. The smallest absolute Gasteiger partial charge is 0.223 e. The monoisotopic (exact) mass is 471 g/mol. The van der Waals surface area contributed by atoms with Crippen LogP contribution in [0.25, 0.3) is 11.0 Å². The van der Waals surface area contributed by atoms with Crippen LogP contribution >= 0.6 is 0 Å². The summed E-state index contributed by atoms with van der Waals surface area (Å²) in [5.41, 5.74) is 3.06. The Bertz CT molecular complexity index is 1320. The van der Waals surface area contributed by atoms with Crippen molar-refractivity contribution < 1.29 is 19.0 Å². The van der Waals surface area contributed by atoms with E-state index in [2.05, 4.69) is 10.6 Å². The number of carbonyl (C=O) groups is 1. The molecule has 0 radical (unpaired) electrons. The molecule has 1 amide bonds. The predicted molar refractivity (Wildman–Crippen MR) is 134 cm³/mol. The van der Waals surface area contributed by atoms with Gasteiger partial charge in [0, 0.05) is 25.4 Å². The summed E-state index contributed by atoms with van der Waals surface area (Å²) < 4.78 is 18.9. The van der Waals surface area contributed by atoms with E-state index in [4.69, 9.17) is 19.2 Å². The number of aromatic nitrogens is 2. The number of amides is 1. The topological polar surface area (TPSA) is 65.8 Å². The van der Waals surface area contributed by atoms with Crippen LogP contribution in [-0.4, -0.2) is 47.7 Å². The second-order valence-corrected chi connectivity index (χ2v) is 8.63. The van der Waals surface area contributed by atoms with Crippen molar-refractivity contribution in [3.05, 3.63) is 84.2 Å². The van der Waals surface area contributed by atoms with Crippen molar-refractivity contribution in [3.63, 3.8) is 0 Å². The Morgan fingerprint density at radius 2 is 1.66 bits per heavy atom. The van der Waals surface area contributed by atoms with Crippen LogP contribution in [0.4, 0.5) is 0 Å². The molecule has 1 unspecified atom stereocenters. The fourth-order valence-corrected chi connectivity index (χ4v) is 4.68. The highest BCUT2D eigenvalue weighted by Gasteiger charge is 2.34. The van der Waals surface area contributed by atoms with Crippen LogP contribution in [0.1, 0.15) is 23.7 Å². The summed E-state index contributed by atoms with van der Waals surface area (Å²) >= 11 is 0. The zero-order valence-electron chi connectivity index (χ0n) is 20.0. The predicted octanol–water partition coefficient (Wildman–Crippen LogP) is 4.65. The van der Waals surface area contributed by atoms with Crippen LogP contribution in [0.5, 0.6) is 17.2 Å². The first kappa shape index (κ1) is 22.8. The van der Waals surface area contributed by atoms with Crippen LogP contribution in [-0.2, 0) is 17.9 Å². The van der Waals surface area contributed by atoms with Crippen LogP contribution in [0.2, 0.25) is 0 Å². The molecule has 3 aromatic carbocycles. The number of ether oxygens (including phenoxy) is 3. The van der Waals surface area contributed by atoms with Gasteiger partial charge in [-0.15, -0.1) is 0 Å². The van der Waals surface area contributed by atoms with Gasteiger partial charge in [0.15, 0.2) is 11.5 Å². The average Bonchev–Trinajstić information content (AvgIpc) is 3.45. The second kappa shape index (κ2) is 10.1. The molecule has 0 spiro atoms. The number of rotatable bonds is 9. The number of methoxy groups -OCH3 is 2. The van der Waals surface area contributed by atoms with E-state index in [0.29, 0.717) is 44.2 Å². The van der Waals surface area contributed by atoms with Gasteiger partial charge in [0.05, 0.1) is 31.8 Å². The van der Waals surface area contributed by atoms with Gasteiger partial charge < -0.3 is 23.7 Å². The van der Waals surface area contributed by atoms with E-state index < -0.39 is 0 Å². The van der Waals surface area contributed by atoms with Crippen molar-refractivity contribution in [2.45, 2.75) is 25.4 Å². The summed E-state index contributed by atoms with van der Waals surface area (Å²) in [4.78, 5) is 19.8. The molecule has 1 aliphatic rings. The standard InChI is InChI=1S/C28H29N3O4/c1-33-22-13-11-20(12-14-22)18-30-19-21(17-27(30)32)28-29-23-7-3-4-8-24(23)31(28)15-16-35-26-10-6-5-9-25(26)34-2/h3-14,21H,15-19H2,1-2H3. The Hall–Kier alpha value is -4.00. The largest absolute Gasteiger partial charge is 0.497 e. The molecule has 0 bridgehead atoms. The average molecular weight is 472 g/mol. The molecule has 1 fully saturated rings. The number of imidazole rings is 1. The third-order valence-corrected chi connectivity index (χ3v) is 6.44. The second-order valence-electron chi connectivity index (χ2n) is 8.63. The molecule has 0 saturated carbocycles. The van der Waals surface area contributed by atoms with Gasteiger partial charge in [-0.3, -0.25) is 4.79 Å². The Morgan fingerprint density at radius 1 is 0.914 bits per heavy atom. The summed E-state index contributed by atoms with van der Waals surface area (Å²) in [5.74, 6) is 3.33. The summed E-state index contributed by atoms with van der Waals surface area (Å²) in [6.45, 7) is 2.30. The van der Waals surface area contributed by atoms with Crippen LogP contribution in [0.15, 0.2) is 72.8 Å². The number of carbonyl (C=O) groups excluding carboxylic acids is 1. The minimum Gasteiger partial charge on any atom is -0.497 e. The first-order chi connectivity index (χ1) is 17.2. The fraction of sp³-hybridized carbons (Fsp3) is 0.286. The van der Waals surface area contributed by atoms with Gasteiger partial charge in [0.1, 0.15) is 18.2 Å². The summed E-state index contributed by atoms with van der Waals surface area (Å²) in [7, 11) is 3.29. The zero-order valence-corrected chi connectivity index (χ0v) is 20.0. The third-order valence-electron chi connectivity index (χ3n) is 6.44. The van der Waals surface area contributed by atoms with Gasteiger partial charge in [-0.05, 0) is 42.0 Å². The molecule has 1 aromatic heterocycles. The van der Waals surface area contributed by atoms with E-state index in [1.807, 2.05) is 71.6 Å². The molecule has 7 nitrogen and oxygen atoms in total. The summed E-state index contributed by atoms with van der Waals surface area (Å²) in [6.07, 6.45) is 0.451. The van der Waals surface area contributed by atoms with Crippen LogP contribution < -0.4 is 14.2 Å². The molecular formula is C28H29N3O4. The highest BCUT2D eigenvalue weighted by Crippen LogP contribution is 2.32. The molecule has 5 rings (SSSR count). The van der Waals surface area contributed by atoms with Gasteiger partial charge in [0.25, 0.3) is 0 Å². The molecule has 35 heavy (non-hydrogen) atoms. The number of hydrogen-bond acceptors (Lipinski definition) is 5. The van der Waals surface area contributed by atoms with Crippen molar-refractivity contribution in [2.24, 2.45) is 0 Å². The maximum Gasteiger partial charge on any atom is 0.223 e. The van der Waals surface area contributed by atoms with E-state index in [9.17, 15) is 4.79 Å². The lowest BCUT2D eigenvalue weighted by Crippen LogP contribution is -2.24. The summed E-state index contributed by atoms with van der Waals surface area (Å²) in [5, 5.41) is 0. The third kappa shape index (κ3) is 4.80. The SMILES string of the molecule is COc1ccc(CN2CC(c3nc4ccccc4n3CCOc3ccccc3OC)CC2=O)cc1. The number of likely N-dealkylation sites (tertiary alicyclic amines) is 1. The lowest BCUT2D eigenvalue weighted by Gasteiger charge is -2.18. The lowest BCUT2D eigenvalue weighted by atomic mass is 10.1. The van der Waals surface area contributed by atoms with Gasteiger partial charge in [-0.1, -0.05) is 36.4 Å². The van der Waals surface area contributed by atoms with Crippen LogP contribution in [0, 0.1) is 0 Å². The number of fused-ring (bicyclic) bond motifs is 1. The molecule has 1 aliphatic heterocycles. The Balaban J connectivity index is 1.34. The first-order valence-corrected chi connectivity index (χ1v) is 11.8. The van der Waals surface area contributed by atoms with Gasteiger partial charge in [0.2, 0.25) is 5.91 Å². The van der Waals surface area contributed by atoms with Crippen LogP contribution in [0.3, 0.4) is 0 Å².